The van der Waals surface area contributed by atoms with Crippen LogP contribution in [-0.4, -0.2) is 0 Å². The molecular weight excluding hydrogens is 365 g/mol. The molecule has 0 spiro atoms. The summed E-state index contributed by atoms with van der Waals surface area (Å²) in [5.74, 6) is 0. The molecule has 1 aliphatic carbocycles. The molecule has 0 saturated heterocycles. The molecule has 1 rings (SSSR count). The van der Waals surface area contributed by atoms with Crippen LogP contribution < -0.4 is 0 Å². The van der Waals surface area contributed by atoms with Gasteiger partial charge in [-0.15, -0.1) is 6.92 Å². The first-order valence-electron chi connectivity index (χ1n) is 4.25. The van der Waals surface area contributed by atoms with Gasteiger partial charge in [0.2, 0.25) is 0 Å². The number of hydrogen-bond acceptors (Lipinski definition) is 0. The predicted molar refractivity (Wildman–Crippen MR) is 68.0 cm³/mol. The van der Waals surface area contributed by atoms with Crippen molar-refractivity contribution in [2.24, 2.45) is 5.41 Å². The van der Waals surface area contributed by atoms with Gasteiger partial charge in [0.25, 0.3) is 0 Å². The standard InChI is InChI=1S/C10H15.4ClH.Rh/c1-7-6-10(4,5)9(3)8(7)2;;;;;/h1-5H3;4*1H;/q-1;;;;;+4/p-4. The van der Waals surface area contributed by atoms with E-state index >= 15 is 0 Å². The van der Waals surface area contributed by atoms with E-state index in [0.29, 0.717) is 0 Å². The van der Waals surface area contributed by atoms with Crippen molar-refractivity contribution in [3.8, 4) is 0 Å². The summed E-state index contributed by atoms with van der Waals surface area (Å²) in [6.45, 7) is 10.9. The van der Waals surface area contributed by atoms with E-state index in [9.17, 15) is 0 Å². The molecule has 0 unspecified atom stereocenters. The van der Waals surface area contributed by atoms with Gasteiger partial charge in [-0.25, -0.2) is 5.57 Å². The van der Waals surface area contributed by atoms with Crippen molar-refractivity contribution in [2.75, 3.05) is 0 Å². The number of allylic oxidation sites excluding steroid dienone is 4. The molecule has 0 fully saturated rings. The molecule has 0 aromatic heterocycles. The van der Waals surface area contributed by atoms with Crippen molar-refractivity contribution in [3.63, 3.8) is 0 Å². The zero-order valence-corrected chi connectivity index (χ0v) is 14.0. The summed E-state index contributed by atoms with van der Waals surface area (Å²) in [4.78, 5) is 0. The first-order valence-corrected chi connectivity index (χ1v) is 12.7. The molecule has 0 saturated carbocycles. The van der Waals surface area contributed by atoms with Gasteiger partial charge in [-0.2, -0.15) is 11.1 Å². The molecule has 5 heteroatoms. The third kappa shape index (κ3) is 6.54. The molecule has 0 heterocycles. The second-order valence-electron chi connectivity index (χ2n) is 3.91. The van der Waals surface area contributed by atoms with Gasteiger partial charge in [0, 0.05) is 0 Å². The van der Waals surface area contributed by atoms with Crippen LogP contribution in [-0.2, 0) is 10.8 Å². The van der Waals surface area contributed by atoms with Crippen molar-refractivity contribution in [3.05, 3.63) is 22.8 Å². The molecule has 0 amide bonds. The van der Waals surface area contributed by atoms with Crippen molar-refractivity contribution in [2.45, 2.75) is 34.6 Å². The van der Waals surface area contributed by atoms with Gasteiger partial charge in [-0.05, 0) is 0 Å². The van der Waals surface area contributed by atoms with E-state index in [0.717, 1.165) is 0 Å². The van der Waals surface area contributed by atoms with E-state index in [1.807, 2.05) is 0 Å². The van der Waals surface area contributed by atoms with E-state index < -0.39 is 10.8 Å². The number of rotatable bonds is 0. The SMILES string of the molecule is CC1=[C-]C(C)(C)C(C)=C1C.[Cl][Rh]([Cl])([Cl])[Cl]. The van der Waals surface area contributed by atoms with Crippen LogP contribution >= 0.6 is 38.8 Å². The van der Waals surface area contributed by atoms with Crippen molar-refractivity contribution in [1.29, 1.82) is 0 Å². The van der Waals surface area contributed by atoms with Gasteiger partial charge in [0.05, 0.1) is 0 Å². The third-order valence-electron chi connectivity index (χ3n) is 2.56. The van der Waals surface area contributed by atoms with Crippen molar-refractivity contribution >= 4 is 38.8 Å². The van der Waals surface area contributed by atoms with E-state index in [4.69, 9.17) is 38.8 Å². The minimum atomic E-state index is -2.89. The molecular formula is C10H15Cl4Rh-. The van der Waals surface area contributed by atoms with Gasteiger partial charge in [0.15, 0.2) is 0 Å². The Morgan fingerprint density at radius 1 is 1.00 bits per heavy atom. The summed E-state index contributed by atoms with van der Waals surface area (Å²) in [5.41, 5.74) is 4.39. The normalized spacial score (nSPS) is 20.7. The van der Waals surface area contributed by atoms with Crippen molar-refractivity contribution < 1.29 is 10.8 Å². The zero-order chi connectivity index (χ0) is 12.4. The van der Waals surface area contributed by atoms with Crippen LogP contribution in [0.15, 0.2) is 16.7 Å². The van der Waals surface area contributed by atoms with Crippen LogP contribution in [0.4, 0.5) is 0 Å². The summed E-state index contributed by atoms with van der Waals surface area (Å²) in [6.07, 6.45) is 3.44. The first kappa shape index (κ1) is 16.3. The zero-order valence-electron chi connectivity index (χ0n) is 9.35. The van der Waals surface area contributed by atoms with Gasteiger partial charge in [-0.1, -0.05) is 33.1 Å². The quantitative estimate of drug-likeness (QED) is 0.365. The van der Waals surface area contributed by atoms with E-state index in [2.05, 4.69) is 40.7 Å². The fraction of sp³-hybridized carbons (Fsp3) is 0.600. The Bertz CT molecular complexity index is 291. The summed E-state index contributed by atoms with van der Waals surface area (Å²) < 4.78 is 0. The molecule has 0 aliphatic heterocycles. The molecule has 0 radical (unpaired) electrons. The Hall–Kier alpha value is 1.26. The average molecular weight is 380 g/mol. The van der Waals surface area contributed by atoms with E-state index in [1.54, 1.807) is 0 Å². The average Bonchev–Trinajstić information content (AvgIpc) is 2.11. The number of halogens is 4. The minimum absolute atomic E-state index is 0.189. The molecule has 0 bridgehead atoms. The van der Waals surface area contributed by atoms with E-state index in [-0.39, 0.29) is 5.41 Å². The van der Waals surface area contributed by atoms with Crippen LogP contribution in [0, 0.1) is 11.5 Å². The molecule has 0 aromatic carbocycles. The monoisotopic (exact) mass is 378 g/mol. The first-order chi connectivity index (χ1) is 6.45. The van der Waals surface area contributed by atoms with Crippen LogP contribution in [0.5, 0.6) is 0 Å². The van der Waals surface area contributed by atoms with Crippen molar-refractivity contribution in [1.82, 2.24) is 0 Å². The molecule has 1 aliphatic rings. The fourth-order valence-electron chi connectivity index (χ4n) is 1.41. The van der Waals surface area contributed by atoms with Crippen LogP contribution in [0.2, 0.25) is 0 Å². The second kappa shape index (κ2) is 5.74. The summed E-state index contributed by atoms with van der Waals surface area (Å²) in [5, 5.41) is 0. The maximum absolute atomic E-state index is 4.99. The van der Waals surface area contributed by atoms with Gasteiger partial charge >= 0.3 is 49.6 Å². The Balaban J connectivity index is 0.000000336. The van der Waals surface area contributed by atoms with Gasteiger partial charge < -0.3 is 0 Å². The topological polar surface area (TPSA) is 0 Å². The van der Waals surface area contributed by atoms with Crippen LogP contribution in [0.25, 0.3) is 0 Å². The fourth-order valence-corrected chi connectivity index (χ4v) is 1.41. The third-order valence-corrected chi connectivity index (χ3v) is 2.56. The summed E-state index contributed by atoms with van der Waals surface area (Å²) >= 11 is 0. The van der Waals surface area contributed by atoms with Gasteiger partial charge in [-0.3, -0.25) is 6.08 Å². The maximum atomic E-state index is 4.99. The molecule has 0 aromatic rings. The molecule has 93 valence electrons. The molecule has 0 N–H and O–H groups in total. The predicted octanol–water partition coefficient (Wildman–Crippen LogP) is 5.87. The van der Waals surface area contributed by atoms with E-state index in [1.165, 1.54) is 16.7 Å². The Morgan fingerprint density at radius 3 is 1.40 bits per heavy atom. The summed E-state index contributed by atoms with van der Waals surface area (Å²) in [7, 11) is 17.1. The van der Waals surface area contributed by atoms with Gasteiger partial charge in [0.1, 0.15) is 0 Å². The molecule has 0 nitrogen and oxygen atoms in total. The van der Waals surface area contributed by atoms with Crippen LogP contribution in [0.3, 0.4) is 0 Å². The molecule has 0 atom stereocenters. The number of hydrogen-bond donors (Lipinski definition) is 0. The Kier molecular flexibility index (Phi) is 6.22. The molecule has 15 heavy (non-hydrogen) atoms. The Morgan fingerprint density at radius 2 is 1.33 bits per heavy atom. The van der Waals surface area contributed by atoms with Crippen LogP contribution in [0.1, 0.15) is 34.6 Å². The Labute approximate surface area is 112 Å². The second-order valence-corrected chi connectivity index (χ2v) is 18.8. The summed E-state index contributed by atoms with van der Waals surface area (Å²) in [6, 6.07) is 0.